The number of nitrogens with zero attached hydrogens (tertiary/aromatic N) is 3. The van der Waals surface area contributed by atoms with Crippen molar-refractivity contribution in [1.82, 2.24) is 9.88 Å². The van der Waals surface area contributed by atoms with E-state index < -0.39 is 6.09 Å². The van der Waals surface area contributed by atoms with E-state index in [1.54, 1.807) is 32.5 Å². The Bertz CT molecular complexity index is 1210. The average molecular weight is 482 g/mol. The number of hydrogen-bond donors (Lipinski definition) is 1. The lowest BCUT2D eigenvalue weighted by Crippen LogP contribution is -2.43. The molecule has 1 amide bonds. The summed E-state index contributed by atoms with van der Waals surface area (Å²) in [4.78, 5) is 20.1. The van der Waals surface area contributed by atoms with Gasteiger partial charge in [0.1, 0.15) is 11.5 Å². The van der Waals surface area contributed by atoms with Crippen molar-refractivity contribution in [1.29, 1.82) is 0 Å². The van der Waals surface area contributed by atoms with Crippen LogP contribution >= 0.6 is 0 Å². The minimum Gasteiger partial charge on any atom is -0.493 e. The van der Waals surface area contributed by atoms with Crippen LogP contribution in [0.4, 0.5) is 10.5 Å². The number of anilines is 1. The highest BCUT2D eigenvalue weighted by molar-refractivity contribution is 5.89. The topological polar surface area (TPSA) is 93.6 Å². The number of amides is 1. The molecule has 0 unspecified atom stereocenters. The Hall–Kier alpha value is -3.56. The quantitative estimate of drug-likeness (QED) is 0.504. The van der Waals surface area contributed by atoms with Crippen molar-refractivity contribution < 1.29 is 28.8 Å². The Labute approximate surface area is 204 Å². The maximum absolute atomic E-state index is 12.1. The van der Waals surface area contributed by atoms with Gasteiger partial charge in [-0.05, 0) is 49.2 Å². The van der Waals surface area contributed by atoms with Crippen molar-refractivity contribution in [3.63, 3.8) is 0 Å². The zero-order valence-corrected chi connectivity index (χ0v) is 20.5. The standard InChI is InChI=1S/C26H31N3O6/c1-17-14-23(35-22-5-6-27-20-16-25(33-4)24(32-3)15-19(20)22)18(2)13-21(17)29(26(30)31)8-7-28-9-11-34-12-10-28/h5-6,13-16H,7-12H2,1-4H3,(H,30,31). The van der Waals surface area contributed by atoms with Gasteiger partial charge < -0.3 is 24.1 Å². The second-order valence-electron chi connectivity index (χ2n) is 8.43. The molecule has 35 heavy (non-hydrogen) atoms. The Balaban J connectivity index is 1.61. The molecule has 0 aliphatic carbocycles. The summed E-state index contributed by atoms with van der Waals surface area (Å²) in [5.74, 6) is 2.44. The fourth-order valence-corrected chi connectivity index (χ4v) is 4.22. The number of aryl methyl sites for hydroxylation is 2. The van der Waals surface area contributed by atoms with Gasteiger partial charge in [0.05, 0.1) is 38.6 Å². The first kappa shape index (κ1) is 24.6. The smallest absolute Gasteiger partial charge is 0.411 e. The zero-order chi connectivity index (χ0) is 24.9. The molecule has 4 rings (SSSR count). The molecule has 1 aliphatic rings. The minimum absolute atomic E-state index is 0.381. The number of hydrogen-bond acceptors (Lipinski definition) is 7. The molecule has 2 heterocycles. The van der Waals surface area contributed by atoms with E-state index in [0.29, 0.717) is 60.5 Å². The summed E-state index contributed by atoms with van der Waals surface area (Å²) in [6.45, 7) is 7.83. The maximum atomic E-state index is 12.1. The Morgan fingerprint density at radius 2 is 1.74 bits per heavy atom. The molecule has 1 N–H and O–H groups in total. The van der Waals surface area contributed by atoms with Crippen molar-refractivity contribution >= 4 is 22.7 Å². The van der Waals surface area contributed by atoms with Gasteiger partial charge >= 0.3 is 6.09 Å². The van der Waals surface area contributed by atoms with Crippen LogP contribution in [-0.2, 0) is 4.74 Å². The van der Waals surface area contributed by atoms with Gasteiger partial charge in [0.25, 0.3) is 0 Å². The minimum atomic E-state index is -0.976. The first-order valence-corrected chi connectivity index (χ1v) is 11.5. The molecule has 1 fully saturated rings. The Kier molecular flexibility index (Phi) is 7.57. The van der Waals surface area contributed by atoms with Crippen molar-refractivity contribution in [3.05, 3.63) is 47.7 Å². The average Bonchev–Trinajstić information content (AvgIpc) is 2.86. The van der Waals surface area contributed by atoms with Crippen molar-refractivity contribution in [2.24, 2.45) is 0 Å². The van der Waals surface area contributed by atoms with E-state index in [9.17, 15) is 9.90 Å². The monoisotopic (exact) mass is 481 g/mol. The molecule has 9 nitrogen and oxygen atoms in total. The van der Waals surface area contributed by atoms with Crippen molar-refractivity contribution in [2.45, 2.75) is 13.8 Å². The third-order valence-electron chi connectivity index (χ3n) is 6.19. The van der Waals surface area contributed by atoms with Gasteiger partial charge in [0.2, 0.25) is 0 Å². The van der Waals surface area contributed by atoms with Crippen LogP contribution in [-0.4, -0.2) is 74.7 Å². The molecule has 9 heteroatoms. The van der Waals surface area contributed by atoms with E-state index in [2.05, 4.69) is 9.88 Å². The molecule has 3 aromatic rings. The van der Waals surface area contributed by atoms with Gasteiger partial charge in [-0.2, -0.15) is 0 Å². The van der Waals surface area contributed by atoms with Gasteiger partial charge in [0, 0.05) is 43.8 Å². The number of aromatic nitrogens is 1. The number of carboxylic acid groups (broad SMARTS) is 1. The second kappa shape index (κ2) is 10.8. The highest BCUT2D eigenvalue weighted by atomic mass is 16.5. The Morgan fingerprint density at radius 1 is 1.03 bits per heavy atom. The number of benzene rings is 2. The highest BCUT2D eigenvalue weighted by Crippen LogP contribution is 2.38. The van der Waals surface area contributed by atoms with Crippen LogP contribution in [0, 0.1) is 13.8 Å². The van der Waals surface area contributed by atoms with Crippen LogP contribution < -0.4 is 19.1 Å². The molecule has 1 aliphatic heterocycles. The van der Waals surface area contributed by atoms with E-state index in [1.165, 1.54) is 4.90 Å². The summed E-state index contributed by atoms with van der Waals surface area (Å²) in [5.41, 5.74) is 3.01. The summed E-state index contributed by atoms with van der Waals surface area (Å²) >= 11 is 0. The van der Waals surface area contributed by atoms with Gasteiger partial charge in [0.15, 0.2) is 11.5 Å². The largest absolute Gasteiger partial charge is 0.493 e. The maximum Gasteiger partial charge on any atom is 0.411 e. The number of fused-ring (bicyclic) bond motifs is 1. The molecule has 1 saturated heterocycles. The number of carbonyl (C=O) groups is 1. The zero-order valence-electron chi connectivity index (χ0n) is 20.5. The third-order valence-corrected chi connectivity index (χ3v) is 6.19. The van der Waals surface area contributed by atoms with Crippen LogP contribution in [0.3, 0.4) is 0 Å². The summed E-state index contributed by atoms with van der Waals surface area (Å²) in [5, 5.41) is 10.7. The predicted octanol–water partition coefficient (Wildman–Crippen LogP) is 4.48. The van der Waals surface area contributed by atoms with Crippen LogP contribution in [0.5, 0.6) is 23.0 Å². The third kappa shape index (κ3) is 5.41. The van der Waals surface area contributed by atoms with E-state index in [4.69, 9.17) is 18.9 Å². The predicted molar refractivity (Wildman–Crippen MR) is 133 cm³/mol. The van der Waals surface area contributed by atoms with Crippen LogP contribution in [0.15, 0.2) is 36.5 Å². The normalized spacial score (nSPS) is 14.1. The SMILES string of the molecule is COc1cc2nccc(Oc3cc(C)c(N(CCN4CCOCC4)C(=O)O)cc3C)c2cc1OC. The first-order valence-electron chi connectivity index (χ1n) is 11.5. The summed E-state index contributed by atoms with van der Waals surface area (Å²) in [6.07, 6.45) is 0.702. The van der Waals surface area contributed by atoms with Crippen LogP contribution in [0.1, 0.15) is 11.1 Å². The lowest BCUT2D eigenvalue weighted by Gasteiger charge is -2.29. The van der Waals surface area contributed by atoms with Gasteiger partial charge in [-0.15, -0.1) is 0 Å². The number of ether oxygens (including phenoxy) is 4. The molecule has 0 radical (unpaired) electrons. The van der Waals surface area contributed by atoms with E-state index in [0.717, 1.165) is 29.6 Å². The molecular formula is C26H31N3O6. The molecule has 0 bridgehead atoms. The molecule has 2 aromatic carbocycles. The number of pyridine rings is 1. The Morgan fingerprint density at radius 3 is 2.43 bits per heavy atom. The molecular weight excluding hydrogens is 450 g/mol. The summed E-state index contributed by atoms with van der Waals surface area (Å²) in [7, 11) is 3.17. The van der Waals surface area contributed by atoms with Crippen molar-refractivity contribution in [3.8, 4) is 23.0 Å². The van der Waals surface area contributed by atoms with Gasteiger partial charge in [-0.3, -0.25) is 14.8 Å². The molecule has 0 spiro atoms. The summed E-state index contributed by atoms with van der Waals surface area (Å²) in [6, 6.07) is 9.18. The lowest BCUT2D eigenvalue weighted by molar-refractivity contribution is 0.0392. The van der Waals surface area contributed by atoms with Crippen molar-refractivity contribution in [2.75, 3.05) is 58.5 Å². The number of rotatable bonds is 8. The van der Waals surface area contributed by atoms with Gasteiger partial charge in [-0.1, -0.05) is 0 Å². The fourth-order valence-electron chi connectivity index (χ4n) is 4.22. The molecule has 0 atom stereocenters. The first-order chi connectivity index (χ1) is 16.9. The number of methoxy groups -OCH3 is 2. The molecule has 0 saturated carbocycles. The van der Waals surface area contributed by atoms with E-state index in [-0.39, 0.29) is 0 Å². The summed E-state index contributed by atoms with van der Waals surface area (Å²) < 4.78 is 22.5. The van der Waals surface area contributed by atoms with E-state index in [1.807, 2.05) is 32.0 Å². The van der Waals surface area contributed by atoms with Crippen LogP contribution in [0.2, 0.25) is 0 Å². The number of morpholine rings is 1. The van der Waals surface area contributed by atoms with Gasteiger partial charge in [-0.25, -0.2) is 4.79 Å². The lowest BCUT2D eigenvalue weighted by atomic mass is 10.1. The molecule has 1 aromatic heterocycles. The molecule has 186 valence electrons. The fraction of sp³-hybridized carbons (Fsp3) is 0.385. The van der Waals surface area contributed by atoms with E-state index >= 15 is 0 Å². The second-order valence-corrected chi connectivity index (χ2v) is 8.43. The highest BCUT2D eigenvalue weighted by Gasteiger charge is 2.21. The van der Waals surface area contributed by atoms with Crippen LogP contribution in [0.25, 0.3) is 10.9 Å².